The Morgan fingerprint density at radius 3 is 2.55 bits per heavy atom. The number of amides is 2. The highest BCUT2D eigenvalue weighted by molar-refractivity contribution is 6.06. The third-order valence-electron chi connectivity index (χ3n) is 4.68. The smallest absolute Gasteiger partial charge is 0.296 e. The van der Waals surface area contributed by atoms with E-state index in [0.29, 0.717) is 18.0 Å². The molecule has 3 rings (SSSR count). The number of rotatable bonds is 6. The van der Waals surface area contributed by atoms with E-state index in [9.17, 15) is 19.7 Å². The molecule has 0 fully saturated rings. The van der Waals surface area contributed by atoms with Gasteiger partial charge in [-0.1, -0.05) is 0 Å². The monoisotopic (exact) mass is 398 g/mol. The van der Waals surface area contributed by atoms with Crippen LogP contribution in [0.5, 0.6) is 5.75 Å². The number of nitro groups is 1. The summed E-state index contributed by atoms with van der Waals surface area (Å²) in [5, 5.41) is 19.7. The molecule has 1 atom stereocenters. The summed E-state index contributed by atoms with van der Waals surface area (Å²) in [6.45, 7) is 6.04. The number of hydrogen-bond donors (Lipinski definition) is 3. The Bertz CT molecular complexity index is 989. The zero-order valence-corrected chi connectivity index (χ0v) is 16.4. The van der Waals surface area contributed by atoms with Gasteiger partial charge in [0.05, 0.1) is 35.4 Å². The minimum atomic E-state index is -0.786. The van der Waals surface area contributed by atoms with Gasteiger partial charge in [-0.2, -0.15) is 0 Å². The highest BCUT2D eigenvalue weighted by atomic mass is 16.6. The molecule has 29 heavy (non-hydrogen) atoms. The van der Waals surface area contributed by atoms with Crippen LogP contribution in [0.2, 0.25) is 0 Å². The number of nitro benzene ring substituents is 1. The van der Waals surface area contributed by atoms with Crippen LogP contribution in [-0.4, -0.2) is 29.4 Å². The molecule has 0 saturated carbocycles. The number of aryl methyl sites for hydroxylation is 2. The molecule has 9 nitrogen and oxygen atoms in total. The van der Waals surface area contributed by atoms with Gasteiger partial charge in [-0.25, -0.2) is 0 Å². The predicted octanol–water partition coefficient (Wildman–Crippen LogP) is 3.37. The molecular weight excluding hydrogens is 376 g/mol. The molecule has 1 aliphatic heterocycles. The first-order chi connectivity index (χ1) is 13.8. The predicted molar refractivity (Wildman–Crippen MR) is 109 cm³/mol. The maximum absolute atomic E-state index is 12.5. The van der Waals surface area contributed by atoms with Crippen molar-refractivity contribution >= 4 is 34.6 Å². The van der Waals surface area contributed by atoms with E-state index < -0.39 is 16.9 Å². The Labute approximate surface area is 167 Å². The van der Waals surface area contributed by atoms with Gasteiger partial charge in [0, 0.05) is 0 Å². The third-order valence-corrected chi connectivity index (χ3v) is 4.68. The second-order valence-corrected chi connectivity index (χ2v) is 6.79. The maximum atomic E-state index is 12.5. The van der Waals surface area contributed by atoms with Crippen LogP contribution in [0.1, 0.15) is 24.5 Å². The molecule has 9 heteroatoms. The van der Waals surface area contributed by atoms with Gasteiger partial charge >= 0.3 is 0 Å². The van der Waals surface area contributed by atoms with Crippen LogP contribution in [0.15, 0.2) is 30.3 Å². The van der Waals surface area contributed by atoms with E-state index in [4.69, 9.17) is 4.74 Å². The number of fused-ring (bicyclic) bond motifs is 1. The number of nitrogens with one attached hydrogen (secondary N) is 3. The van der Waals surface area contributed by atoms with Crippen molar-refractivity contribution in [3.8, 4) is 5.75 Å². The maximum Gasteiger partial charge on any atom is 0.296 e. The zero-order chi connectivity index (χ0) is 21.1. The van der Waals surface area contributed by atoms with Gasteiger partial charge in [-0.15, -0.1) is 0 Å². The highest BCUT2D eigenvalue weighted by Gasteiger charge is 2.28. The third kappa shape index (κ3) is 4.45. The summed E-state index contributed by atoms with van der Waals surface area (Å²) in [7, 11) is 0. The van der Waals surface area contributed by atoms with Crippen LogP contribution in [0, 0.1) is 24.0 Å². The van der Waals surface area contributed by atoms with E-state index in [-0.39, 0.29) is 23.7 Å². The summed E-state index contributed by atoms with van der Waals surface area (Å²) in [6, 6.07) is 7.20. The Balaban J connectivity index is 1.73. The van der Waals surface area contributed by atoms with Crippen molar-refractivity contribution in [1.29, 1.82) is 0 Å². The van der Waals surface area contributed by atoms with E-state index in [0.717, 1.165) is 16.8 Å². The molecule has 0 aliphatic carbocycles. The molecule has 0 unspecified atom stereocenters. The summed E-state index contributed by atoms with van der Waals surface area (Å²) in [4.78, 5) is 35.5. The average molecular weight is 398 g/mol. The molecule has 3 N–H and O–H groups in total. The topological polar surface area (TPSA) is 123 Å². The Hall–Kier alpha value is -3.62. The summed E-state index contributed by atoms with van der Waals surface area (Å²) in [5.74, 6) is -0.512. The van der Waals surface area contributed by atoms with Gasteiger partial charge in [0.25, 0.3) is 5.69 Å². The number of carbonyl (C=O) groups excluding carboxylic acids is 2. The molecular formula is C20H22N4O5. The van der Waals surface area contributed by atoms with Gasteiger partial charge in [-0.05, 0) is 56.2 Å². The molecule has 2 aromatic rings. The molecule has 0 saturated heterocycles. The lowest BCUT2D eigenvalue weighted by Crippen LogP contribution is -2.41. The summed E-state index contributed by atoms with van der Waals surface area (Å²) < 4.78 is 5.26. The second-order valence-electron chi connectivity index (χ2n) is 6.79. The molecule has 2 amide bonds. The van der Waals surface area contributed by atoms with Crippen molar-refractivity contribution in [3.63, 3.8) is 0 Å². The normalized spacial score (nSPS) is 15.0. The average Bonchev–Trinajstić information content (AvgIpc) is 2.65. The number of ether oxygens (including phenoxy) is 1. The first-order valence-electron chi connectivity index (χ1n) is 9.18. The zero-order valence-electron chi connectivity index (χ0n) is 16.4. The molecule has 1 aliphatic rings. The van der Waals surface area contributed by atoms with E-state index in [2.05, 4.69) is 16.0 Å². The molecule has 152 valence electrons. The Morgan fingerprint density at radius 1 is 1.21 bits per heavy atom. The second kappa shape index (κ2) is 8.17. The van der Waals surface area contributed by atoms with Crippen molar-refractivity contribution in [2.75, 3.05) is 22.6 Å². The molecule has 0 bridgehead atoms. The van der Waals surface area contributed by atoms with Crippen LogP contribution in [0.4, 0.5) is 22.7 Å². The fourth-order valence-corrected chi connectivity index (χ4v) is 3.07. The van der Waals surface area contributed by atoms with E-state index >= 15 is 0 Å². The van der Waals surface area contributed by atoms with Crippen molar-refractivity contribution in [2.24, 2.45) is 0 Å². The minimum absolute atomic E-state index is 0.0477. The quantitative estimate of drug-likeness (QED) is 0.506. The van der Waals surface area contributed by atoms with E-state index in [1.54, 1.807) is 13.0 Å². The lowest BCUT2D eigenvalue weighted by molar-refractivity contribution is -0.384. The number of carbonyl (C=O) groups is 2. The number of hydrogen-bond acceptors (Lipinski definition) is 6. The van der Waals surface area contributed by atoms with Crippen molar-refractivity contribution < 1.29 is 19.2 Å². The van der Waals surface area contributed by atoms with Crippen LogP contribution in [0.25, 0.3) is 0 Å². The molecule has 0 radical (unpaired) electrons. The standard InChI is InChI=1S/C20H22N4O5/c1-4-29-13-5-6-14(18(9-13)24(27)28)22-19(25)10-17-20(26)23-16-8-12(3)11(2)7-15(16)21-17/h5-9,17,21H,4,10H2,1-3H3,(H,22,25)(H,23,26)/t17-/m1/s1. The van der Waals surface area contributed by atoms with Crippen molar-refractivity contribution in [3.05, 3.63) is 51.6 Å². The van der Waals surface area contributed by atoms with Gasteiger partial charge < -0.3 is 20.7 Å². The molecule has 0 spiro atoms. The van der Waals surface area contributed by atoms with Gasteiger partial charge in [0.2, 0.25) is 11.8 Å². The van der Waals surface area contributed by atoms with E-state index in [1.807, 2.05) is 26.0 Å². The SMILES string of the molecule is CCOc1ccc(NC(=O)C[C@H]2Nc3cc(C)c(C)cc3NC2=O)c([N+](=O)[O-])c1. The van der Waals surface area contributed by atoms with Gasteiger partial charge in [0.1, 0.15) is 17.5 Å². The lowest BCUT2D eigenvalue weighted by atomic mass is 10.0. The number of nitrogens with zero attached hydrogens (tertiary/aromatic N) is 1. The number of anilines is 3. The van der Waals surface area contributed by atoms with Crippen LogP contribution < -0.4 is 20.7 Å². The van der Waals surface area contributed by atoms with Crippen LogP contribution in [0.3, 0.4) is 0 Å². The van der Waals surface area contributed by atoms with Gasteiger partial charge in [0.15, 0.2) is 0 Å². The van der Waals surface area contributed by atoms with Crippen molar-refractivity contribution in [1.82, 2.24) is 0 Å². The number of benzene rings is 2. The summed E-state index contributed by atoms with van der Waals surface area (Å²) in [6.07, 6.45) is -0.178. The van der Waals surface area contributed by atoms with Crippen molar-refractivity contribution in [2.45, 2.75) is 33.2 Å². The lowest BCUT2D eigenvalue weighted by Gasteiger charge is -2.27. The van der Waals surface area contributed by atoms with Crippen LogP contribution >= 0.6 is 0 Å². The highest BCUT2D eigenvalue weighted by Crippen LogP contribution is 2.32. The first kappa shape index (κ1) is 20.1. The van der Waals surface area contributed by atoms with E-state index in [1.165, 1.54) is 12.1 Å². The minimum Gasteiger partial charge on any atom is -0.494 e. The summed E-state index contributed by atoms with van der Waals surface area (Å²) in [5.41, 5.74) is 3.27. The van der Waals surface area contributed by atoms with Crippen LogP contribution in [-0.2, 0) is 9.59 Å². The van der Waals surface area contributed by atoms with Gasteiger partial charge in [-0.3, -0.25) is 19.7 Å². The summed E-state index contributed by atoms with van der Waals surface area (Å²) >= 11 is 0. The Kier molecular flexibility index (Phi) is 5.67. The largest absolute Gasteiger partial charge is 0.494 e. The fourth-order valence-electron chi connectivity index (χ4n) is 3.07. The fraction of sp³-hybridized carbons (Fsp3) is 0.300. The first-order valence-corrected chi connectivity index (χ1v) is 9.18. The molecule has 1 heterocycles. The Morgan fingerprint density at radius 2 is 1.90 bits per heavy atom. The molecule has 2 aromatic carbocycles. The molecule has 0 aromatic heterocycles.